The van der Waals surface area contributed by atoms with Crippen molar-refractivity contribution in [3.8, 4) is 11.1 Å². The smallest absolute Gasteiger partial charge is 0.254 e. The first-order valence-electron chi connectivity index (χ1n) is 10.3. The Bertz CT molecular complexity index is 1220. The fourth-order valence-electron chi connectivity index (χ4n) is 4.34. The molecule has 4 nitrogen and oxygen atoms in total. The molecule has 0 N–H and O–H groups in total. The highest BCUT2D eigenvalue weighted by atomic mass is 16.2. The third kappa shape index (κ3) is 3.45. The molecule has 30 heavy (non-hydrogen) atoms. The summed E-state index contributed by atoms with van der Waals surface area (Å²) < 4.78 is 0. The van der Waals surface area contributed by atoms with Crippen LogP contribution in [-0.4, -0.2) is 33.9 Å². The molecule has 3 heterocycles. The van der Waals surface area contributed by atoms with Gasteiger partial charge in [0, 0.05) is 48.5 Å². The van der Waals surface area contributed by atoms with E-state index in [9.17, 15) is 4.79 Å². The molecule has 148 valence electrons. The van der Waals surface area contributed by atoms with Gasteiger partial charge in [0.05, 0.1) is 5.52 Å². The Morgan fingerprint density at radius 3 is 2.67 bits per heavy atom. The molecule has 2 aromatic carbocycles. The van der Waals surface area contributed by atoms with E-state index in [0.717, 1.165) is 52.7 Å². The molecule has 1 aliphatic rings. The third-order valence-electron chi connectivity index (χ3n) is 6.02. The first-order valence-corrected chi connectivity index (χ1v) is 10.3. The van der Waals surface area contributed by atoms with Gasteiger partial charge in [0.15, 0.2) is 0 Å². The Morgan fingerprint density at radius 1 is 1.00 bits per heavy atom. The van der Waals surface area contributed by atoms with E-state index in [4.69, 9.17) is 0 Å². The Kier molecular flexibility index (Phi) is 4.75. The molecule has 1 saturated heterocycles. The van der Waals surface area contributed by atoms with Crippen molar-refractivity contribution in [2.24, 2.45) is 0 Å². The number of hydrogen-bond donors (Lipinski definition) is 0. The molecule has 0 aliphatic carbocycles. The zero-order chi connectivity index (χ0) is 20.5. The summed E-state index contributed by atoms with van der Waals surface area (Å²) in [5.74, 6) is 0.488. The molecule has 0 saturated carbocycles. The molecule has 0 radical (unpaired) electrons. The number of benzene rings is 2. The second kappa shape index (κ2) is 7.71. The Balaban J connectivity index is 1.37. The fraction of sp³-hybridized carbons (Fsp3) is 0.192. The van der Waals surface area contributed by atoms with Crippen molar-refractivity contribution in [1.82, 2.24) is 14.9 Å². The zero-order valence-corrected chi connectivity index (χ0v) is 17.0. The highest BCUT2D eigenvalue weighted by Crippen LogP contribution is 2.30. The lowest BCUT2D eigenvalue weighted by Gasteiger charge is -2.18. The van der Waals surface area contributed by atoms with Crippen molar-refractivity contribution in [2.75, 3.05) is 13.1 Å². The number of amides is 1. The minimum Gasteiger partial charge on any atom is -0.338 e. The maximum atomic E-state index is 13.2. The van der Waals surface area contributed by atoms with E-state index in [1.54, 1.807) is 6.20 Å². The number of aryl methyl sites for hydroxylation is 1. The zero-order valence-electron chi connectivity index (χ0n) is 17.0. The van der Waals surface area contributed by atoms with E-state index in [-0.39, 0.29) is 5.91 Å². The summed E-state index contributed by atoms with van der Waals surface area (Å²) in [6.07, 6.45) is 6.50. The lowest BCUT2D eigenvalue weighted by molar-refractivity contribution is 0.0790. The highest BCUT2D eigenvalue weighted by Gasteiger charge is 2.28. The minimum absolute atomic E-state index is 0.119. The van der Waals surface area contributed by atoms with Crippen LogP contribution in [-0.2, 0) is 0 Å². The number of fused-ring (bicyclic) bond motifs is 1. The molecule has 2 aromatic heterocycles. The standard InChI is InChI=1S/C26H23N3O/c1-18-14-19(20-7-9-25-21(15-20)4-3-12-28-25)6-8-24(18)26(30)29-13-10-23(17-29)22-5-2-11-27-16-22/h2-9,11-12,14-16,23H,10,13,17H2,1H3. The summed E-state index contributed by atoms with van der Waals surface area (Å²) in [7, 11) is 0. The van der Waals surface area contributed by atoms with Crippen molar-refractivity contribution >= 4 is 16.8 Å². The van der Waals surface area contributed by atoms with Crippen LogP contribution in [0.2, 0.25) is 0 Å². The second-order valence-electron chi connectivity index (χ2n) is 7.96. The lowest BCUT2D eigenvalue weighted by Crippen LogP contribution is -2.29. The van der Waals surface area contributed by atoms with E-state index >= 15 is 0 Å². The van der Waals surface area contributed by atoms with Crippen molar-refractivity contribution < 1.29 is 4.79 Å². The SMILES string of the molecule is Cc1cc(-c2ccc3ncccc3c2)ccc1C(=O)N1CCC(c2cccnc2)C1. The Labute approximate surface area is 176 Å². The summed E-state index contributed by atoms with van der Waals surface area (Å²) >= 11 is 0. The van der Waals surface area contributed by atoms with Crippen LogP contribution in [0.5, 0.6) is 0 Å². The number of nitrogens with zero attached hydrogens (tertiary/aromatic N) is 3. The summed E-state index contributed by atoms with van der Waals surface area (Å²) in [6.45, 7) is 3.56. The third-order valence-corrected chi connectivity index (χ3v) is 6.02. The summed E-state index contributed by atoms with van der Waals surface area (Å²) in [4.78, 5) is 23.8. The van der Waals surface area contributed by atoms with Crippen LogP contribution in [0.4, 0.5) is 0 Å². The van der Waals surface area contributed by atoms with E-state index in [1.165, 1.54) is 5.56 Å². The number of aromatic nitrogens is 2. The number of hydrogen-bond acceptors (Lipinski definition) is 3. The summed E-state index contributed by atoms with van der Waals surface area (Å²) in [6, 6.07) is 20.5. The number of carbonyl (C=O) groups is 1. The maximum absolute atomic E-state index is 13.2. The minimum atomic E-state index is 0.119. The van der Waals surface area contributed by atoms with Crippen LogP contribution in [0.3, 0.4) is 0 Å². The van der Waals surface area contributed by atoms with Crippen molar-refractivity contribution in [3.63, 3.8) is 0 Å². The van der Waals surface area contributed by atoms with Gasteiger partial charge in [-0.1, -0.05) is 30.3 Å². The van der Waals surface area contributed by atoms with Gasteiger partial charge in [-0.25, -0.2) is 0 Å². The van der Waals surface area contributed by atoms with E-state index in [2.05, 4.69) is 40.3 Å². The van der Waals surface area contributed by atoms with E-state index < -0.39 is 0 Å². The van der Waals surface area contributed by atoms with Gasteiger partial charge in [-0.3, -0.25) is 14.8 Å². The van der Waals surface area contributed by atoms with Crippen LogP contribution < -0.4 is 0 Å². The second-order valence-corrected chi connectivity index (χ2v) is 7.96. The lowest BCUT2D eigenvalue weighted by atomic mass is 9.98. The molecule has 1 unspecified atom stereocenters. The Morgan fingerprint density at radius 2 is 1.83 bits per heavy atom. The predicted molar refractivity (Wildman–Crippen MR) is 119 cm³/mol. The molecule has 1 amide bonds. The number of rotatable bonds is 3. The van der Waals surface area contributed by atoms with Crippen LogP contribution in [0.15, 0.2) is 79.3 Å². The molecule has 0 spiro atoms. The van der Waals surface area contributed by atoms with E-state index in [0.29, 0.717) is 5.92 Å². The van der Waals surface area contributed by atoms with Crippen molar-refractivity contribution in [3.05, 3.63) is 95.9 Å². The van der Waals surface area contributed by atoms with Crippen molar-refractivity contribution in [2.45, 2.75) is 19.3 Å². The highest BCUT2D eigenvalue weighted by molar-refractivity contribution is 5.96. The molecule has 4 aromatic rings. The Hall–Kier alpha value is -3.53. The normalized spacial score (nSPS) is 16.2. The summed E-state index contributed by atoms with van der Waals surface area (Å²) in [5.41, 5.74) is 6.24. The van der Waals surface area contributed by atoms with Crippen LogP contribution in [0, 0.1) is 6.92 Å². The van der Waals surface area contributed by atoms with Gasteiger partial charge in [0.2, 0.25) is 0 Å². The quantitative estimate of drug-likeness (QED) is 0.478. The summed E-state index contributed by atoms with van der Waals surface area (Å²) in [5, 5.41) is 1.12. The van der Waals surface area contributed by atoms with Gasteiger partial charge in [0.25, 0.3) is 5.91 Å². The first-order chi connectivity index (χ1) is 14.7. The number of pyridine rings is 2. The largest absolute Gasteiger partial charge is 0.338 e. The maximum Gasteiger partial charge on any atom is 0.254 e. The molecular formula is C26H23N3O. The number of carbonyl (C=O) groups excluding carboxylic acids is 1. The molecule has 1 fully saturated rings. The predicted octanol–water partition coefficient (Wildman–Crippen LogP) is 5.23. The van der Waals surface area contributed by atoms with Crippen LogP contribution in [0.1, 0.15) is 33.8 Å². The van der Waals surface area contributed by atoms with Gasteiger partial charge in [-0.15, -0.1) is 0 Å². The van der Waals surface area contributed by atoms with Crippen LogP contribution >= 0.6 is 0 Å². The van der Waals surface area contributed by atoms with Crippen LogP contribution in [0.25, 0.3) is 22.0 Å². The monoisotopic (exact) mass is 393 g/mol. The molecule has 1 atom stereocenters. The fourth-order valence-corrected chi connectivity index (χ4v) is 4.34. The first kappa shape index (κ1) is 18.5. The van der Waals surface area contributed by atoms with Crippen molar-refractivity contribution in [1.29, 1.82) is 0 Å². The van der Waals surface area contributed by atoms with Gasteiger partial charge in [0.1, 0.15) is 0 Å². The molecule has 1 aliphatic heterocycles. The van der Waals surface area contributed by atoms with Gasteiger partial charge in [-0.05, 0) is 65.9 Å². The molecule has 5 rings (SSSR count). The van der Waals surface area contributed by atoms with Gasteiger partial charge >= 0.3 is 0 Å². The molecular weight excluding hydrogens is 370 g/mol. The number of likely N-dealkylation sites (tertiary alicyclic amines) is 1. The van der Waals surface area contributed by atoms with E-state index in [1.807, 2.05) is 54.5 Å². The molecule has 4 heteroatoms. The topological polar surface area (TPSA) is 46.1 Å². The molecule has 0 bridgehead atoms. The average Bonchev–Trinajstić information content (AvgIpc) is 3.29. The average molecular weight is 393 g/mol. The van der Waals surface area contributed by atoms with Gasteiger partial charge < -0.3 is 4.90 Å². The van der Waals surface area contributed by atoms with Gasteiger partial charge in [-0.2, -0.15) is 0 Å².